The maximum absolute atomic E-state index is 9.45. The number of nitrogens with one attached hydrogen (secondary N) is 1. The molecule has 0 atom stereocenters. The van der Waals surface area contributed by atoms with Crippen LogP contribution in [-0.2, 0) is 0 Å². The molecule has 20 heavy (non-hydrogen) atoms. The molecule has 0 unspecified atom stereocenters. The molecule has 0 bridgehead atoms. The van der Waals surface area contributed by atoms with Crippen LogP contribution in [0.4, 0.5) is 17.2 Å². The summed E-state index contributed by atoms with van der Waals surface area (Å²) in [6, 6.07) is 12.9. The van der Waals surface area contributed by atoms with Gasteiger partial charge in [0.1, 0.15) is 11.6 Å². The Morgan fingerprint density at radius 3 is 2.75 bits per heavy atom. The summed E-state index contributed by atoms with van der Waals surface area (Å²) in [6.07, 6.45) is 1.73. The lowest BCUT2D eigenvalue weighted by atomic mass is 10.1. The fraction of sp³-hybridized carbons (Fsp3) is 0.0625. The highest BCUT2D eigenvalue weighted by Gasteiger charge is 2.06. The lowest BCUT2D eigenvalue weighted by Crippen LogP contribution is -1.97. The highest BCUT2D eigenvalue weighted by molar-refractivity contribution is 6.00. The van der Waals surface area contributed by atoms with E-state index in [1.54, 1.807) is 18.3 Å². The summed E-state index contributed by atoms with van der Waals surface area (Å²) in [5, 5.41) is 14.7. The number of aromatic nitrogens is 1. The number of aromatic hydroxyl groups is 1. The molecule has 4 nitrogen and oxygen atoms in total. The topological polar surface area (TPSA) is 71.2 Å². The van der Waals surface area contributed by atoms with Crippen LogP contribution in [0.5, 0.6) is 5.75 Å². The van der Waals surface area contributed by atoms with E-state index in [2.05, 4.69) is 10.3 Å². The first-order valence-electron chi connectivity index (χ1n) is 6.35. The van der Waals surface area contributed by atoms with Gasteiger partial charge in [0.15, 0.2) is 0 Å². The van der Waals surface area contributed by atoms with Gasteiger partial charge in [0, 0.05) is 28.3 Å². The van der Waals surface area contributed by atoms with Crippen molar-refractivity contribution < 1.29 is 5.11 Å². The van der Waals surface area contributed by atoms with Crippen molar-refractivity contribution in [2.24, 2.45) is 0 Å². The number of nitrogen functional groups attached to an aromatic ring is 1. The standard InChI is InChI=1S/C16H15N3O/c1-10-9-11(20)5-6-15(10)19-16-13-3-2-4-14(17)12(13)7-8-18-16/h2-9,20H,17H2,1H3,(H,18,19). The number of fused-ring (bicyclic) bond motifs is 1. The van der Waals surface area contributed by atoms with Crippen LogP contribution in [0.3, 0.4) is 0 Å². The highest BCUT2D eigenvalue weighted by atomic mass is 16.3. The second kappa shape index (κ2) is 4.74. The first kappa shape index (κ1) is 12.3. The van der Waals surface area contributed by atoms with Gasteiger partial charge in [0.05, 0.1) is 0 Å². The Morgan fingerprint density at radius 2 is 1.95 bits per heavy atom. The smallest absolute Gasteiger partial charge is 0.138 e. The summed E-state index contributed by atoms with van der Waals surface area (Å²) >= 11 is 0. The molecule has 4 heteroatoms. The van der Waals surface area contributed by atoms with E-state index < -0.39 is 0 Å². The molecule has 0 aliphatic carbocycles. The number of benzene rings is 2. The van der Waals surface area contributed by atoms with E-state index >= 15 is 0 Å². The molecule has 0 aliphatic heterocycles. The molecule has 0 spiro atoms. The third-order valence-electron chi connectivity index (χ3n) is 3.30. The van der Waals surface area contributed by atoms with Crippen molar-refractivity contribution in [2.75, 3.05) is 11.1 Å². The summed E-state index contributed by atoms with van der Waals surface area (Å²) in [4.78, 5) is 4.38. The number of anilines is 3. The van der Waals surface area contributed by atoms with E-state index in [0.717, 1.165) is 33.5 Å². The Balaban J connectivity index is 2.09. The molecule has 0 saturated heterocycles. The average Bonchev–Trinajstić information content (AvgIpc) is 2.43. The van der Waals surface area contributed by atoms with Gasteiger partial charge >= 0.3 is 0 Å². The molecule has 0 aliphatic rings. The minimum Gasteiger partial charge on any atom is -0.508 e. The summed E-state index contributed by atoms with van der Waals surface area (Å²) < 4.78 is 0. The van der Waals surface area contributed by atoms with Crippen LogP contribution in [0, 0.1) is 6.92 Å². The third-order valence-corrected chi connectivity index (χ3v) is 3.30. The monoisotopic (exact) mass is 265 g/mol. The van der Waals surface area contributed by atoms with Gasteiger partial charge in [-0.25, -0.2) is 4.98 Å². The van der Waals surface area contributed by atoms with Crippen LogP contribution in [-0.4, -0.2) is 10.1 Å². The molecule has 1 aromatic heterocycles. The van der Waals surface area contributed by atoms with Crippen LogP contribution in [0.15, 0.2) is 48.7 Å². The number of hydrogen-bond acceptors (Lipinski definition) is 4. The molecule has 2 aromatic carbocycles. The average molecular weight is 265 g/mol. The van der Waals surface area contributed by atoms with E-state index in [-0.39, 0.29) is 5.75 Å². The second-order valence-corrected chi connectivity index (χ2v) is 4.73. The zero-order valence-corrected chi connectivity index (χ0v) is 11.1. The van der Waals surface area contributed by atoms with Crippen LogP contribution in [0.25, 0.3) is 10.8 Å². The minimum absolute atomic E-state index is 0.253. The predicted molar refractivity (Wildman–Crippen MR) is 82.3 cm³/mol. The Kier molecular flexibility index (Phi) is 2.91. The number of aryl methyl sites for hydroxylation is 1. The molecule has 100 valence electrons. The van der Waals surface area contributed by atoms with Gasteiger partial charge in [0.2, 0.25) is 0 Å². The first-order chi connectivity index (χ1) is 9.65. The SMILES string of the molecule is Cc1cc(O)ccc1Nc1nccc2c(N)cccc12. The summed E-state index contributed by atoms with van der Waals surface area (Å²) in [5.41, 5.74) is 8.57. The summed E-state index contributed by atoms with van der Waals surface area (Å²) in [7, 11) is 0. The van der Waals surface area contributed by atoms with E-state index in [9.17, 15) is 5.11 Å². The number of rotatable bonds is 2. The molecule has 3 rings (SSSR count). The predicted octanol–water partition coefficient (Wildman–Crippen LogP) is 3.57. The molecule has 0 fully saturated rings. The Hall–Kier alpha value is -2.75. The number of nitrogens with two attached hydrogens (primary N) is 1. The van der Waals surface area contributed by atoms with Crippen molar-refractivity contribution in [3.05, 3.63) is 54.2 Å². The Labute approximate surface area is 116 Å². The van der Waals surface area contributed by atoms with Gasteiger partial charge in [0.25, 0.3) is 0 Å². The molecule has 0 amide bonds. The van der Waals surface area contributed by atoms with Crippen molar-refractivity contribution in [2.45, 2.75) is 6.92 Å². The van der Waals surface area contributed by atoms with Crippen LogP contribution in [0.1, 0.15) is 5.56 Å². The molecular weight excluding hydrogens is 250 g/mol. The van der Waals surface area contributed by atoms with E-state index in [1.807, 2.05) is 37.3 Å². The zero-order chi connectivity index (χ0) is 14.1. The van der Waals surface area contributed by atoms with Crippen LogP contribution >= 0.6 is 0 Å². The number of phenols is 1. The number of phenolic OH excluding ortho intramolecular Hbond substituents is 1. The molecule has 0 saturated carbocycles. The molecule has 4 N–H and O–H groups in total. The van der Waals surface area contributed by atoms with Crippen LogP contribution in [0.2, 0.25) is 0 Å². The van der Waals surface area contributed by atoms with Crippen molar-refractivity contribution in [3.8, 4) is 5.75 Å². The number of nitrogens with zero attached hydrogens (tertiary/aromatic N) is 1. The zero-order valence-electron chi connectivity index (χ0n) is 11.1. The quantitative estimate of drug-likeness (QED) is 0.489. The third kappa shape index (κ3) is 2.12. The summed E-state index contributed by atoms with van der Waals surface area (Å²) in [6.45, 7) is 1.93. The minimum atomic E-state index is 0.253. The number of hydrogen-bond donors (Lipinski definition) is 3. The van der Waals surface area contributed by atoms with Crippen molar-refractivity contribution in [3.63, 3.8) is 0 Å². The lowest BCUT2D eigenvalue weighted by Gasteiger charge is -2.12. The normalized spacial score (nSPS) is 10.7. The highest BCUT2D eigenvalue weighted by Crippen LogP contribution is 2.29. The fourth-order valence-corrected chi connectivity index (χ4v) is 2.25. The molecule has 3 aromatic rings. The van der Waals surface area contributed by atoms with Gasteiger partial charge in [-0.1, -0.05) is 12.1 Å². The van der Waals surface area contributed by atoms with Gasteiger partial charge in [-0.2, -0.15) is 0 Å². The summed E-state index contributed by atoms with van der Waals surface area (Å²) in [5.74, 6) is 1.01. The molecule has 0 radical (unpaired) electrons. The maximum Gasteiger partial charge on any atom is 0.138 e. The van der Waals surface area contributed by atoms with E-state index in [0.29, 0.717) is 0 Å². The van der Waals surface area contributed by atoms with Crippen LogP contribution < -0.4 is 11.1 Å². The number of pyridine rings is 1. The Morgan fingerprint density at radius 1 is 1.10 bits per heavy atom. The largest absolute Gasteiger partial charge is 0.508 e. The first-order valence-corrected chi connectivity index (χ1v) is 6.35. The van der Waals surface area contributed by atoms with Gasteiger partial charge in [-0.3, -0.25) is 0 Å². The van der Waals surface area contributed by atoms with Gasteiger partial charge < -0.3 is 16.2 Å². The van der Waals surface area contributed by atoms with Crippen molar-refractivity contribution in [1.29, 1.82) is 0 Å². The van der Waals surface area contributed by atoms with Gasteiger partial charge in [-0.15, -0.1) is 0 Å². The maximum atomic E-state index is 9.45. The molecular formula is C16H15N3O. The fourth-order valence-electron chi connectivity index (χ4n) is 2.25. The second-order valence-electron chi connectivity index (χ2n) is 4.73. The molecule has 1 heterocycles. The van der Waals surface area contributed by atoms with Crippen molar-refractivity contribution in [1.82, 2.24) is 4.98 Å². The lowest BCUT2D eigenvalue weighted by molar-refractivity contribution is 0.475. The van der Waals surface area contributed by atoms with Gasteiger partial charge in [-0.05, 0) is 42.8 Å². The van der Waals surface area contributed by atoms with Crippen molar-refractivity contribution >= 4 is 28.0 Å². The van der Waals surface area contributed by atoms with E-state index in [4.69, 9.17) is 5.73 Å². The van der Waals surface area contributed by atoms with E-state index in [1.165, 1.54) is 0 Å². The Bertz CT molecular complexity index is 784.